The van der Waals surface area contributed by atoms with Gasteiger partial charge in [0.1, 0.15) is 5.76 Å². The molecule has 0 unspecified atom stereocenters. The molecular weight excluding hydrogens is 386 g/mol. The Morgan fingerprint density at radius 3 is 2.54 bits per heavy atom. The van der Waals surface area contributed by atoms with Gasteiger partial charge in [-0.05, 0) is 32.9 Å². The Kier molecular flexibility index (Phi) is 5.28. The third-order valence-electron chi connectivity index (χ3n) is 4.32. The van der Waals surface area contributed by atoms with Gasteiger partial charge in [-0.25, -0.2) is 4.79 Å². The number of hydrogen-bond acceptors (Lipinski definition) is 6. The summed E-state index contributed by atoms with van der Waals surface area (Å²) in [6, 6.07) is 3.25. The van der Waals surface area contributed by atoms with Crippen LogP contribution in [-0.2, 0) is 18.3 Å². The number of esters is 1. The van der Waals surface area contributed by atoms with Crippen molar-refractivity contribution in [3.8, 4) is 0 Å². The van der Waals surface area contributed by atoms with E-state index in [1.165, 1.54) is 11.8 Å². The van der Waals surface area contributed by atoms with Crippen molar-refractivity contribution in [1.82, 2.24) is 19.6 Å². The predicted molar refractivity (Wildman–Crippen MR) is 102 cm³/mol. The monoisotopic (exact) mass is 405 g/mol. The first kappa shape index (κ1) is 19.7. The third kappa shape index (κ3) is 3.53. The van der Waals surface area contributed by atoms with E-state index >= 15 is 0 Å². The van der Waals surface area contributed by atoms with Crippen molar-refractivity contribution in [2.75, 3.05) is 12.4 Å². The van der Waals surface area contributed by atoms with E-state index in [-0.39, 0.29) is 17.1 Å². The van der Waals surface area contributed by atoms with Crippen molar-refractivity contribution in [3.05, 3.63) is 51.5 Å². The number of halogens is 1. The maximum atomic E-state index is 12.6. The second-order valence-corrected chi connectivity index (χ2v) is 6.66. The van der Waals surface area contributed by atoms with E-state index in [1.807, 2.05) is 13.8 Å². The first-order chi connectivity index (χ1) is 13.2. The Morgan fingerprint density at radius 1 is 1.21 bits per heavy atom. The first-order valence-corrected chi connectivity index (χ1v) is 8.82. The minimum atomic E-state index is -0.597. The topological polar surface area (TPSA) is 104 Å². The van der Waals surface area contributed by atoms with Gasteiger partial charge in [0.15, 0.2) is 11.5 Å². The van der Waals surface area contributed by atoms with Gasteiger partial charge in [0, 0.05) is 7.05 Å². The van der Waals surface area contributed by atoms with Crippen LogP contribution in [0, 0.1) is 20.8 Å². The molecule has 0 aliphatic heterocycles. The maximum Gasteiger partial charge on any atom is 0.358 e. The van der Waals surface area contributed by atoms with Gasteiger partial charge >= 0.3 is 5.97 Å². The average Bonchev–Trinajstić information content (AvgIpc) is 3.29. The number of nitrogens with one attached hydrogen (secondary N) is 1. The van der Waals surface area contributed by atoms with Gasteiger partial charge in [0.05, 0.1) is 41.4 Å². The molecule has 3 aromatic rings. The highest BCUT2D eigenvalue weighted by molar-refractivity contribution is 6.31. The Balaban J connectivity index is 1.80. The van der Waals surface area contributed by atoms with Gasteiger partial charge in [-0.15, -0.1) is 0 Å². The number of anilines is 1. The van der Waals surface area contributed by atoms with Crippen LogP contribution in [-0.4, -0.2) is 38.5 Å². The molecule has 0 saturated carbocycles. The summed E-state index contributed by atoms with van der Waals surface area (Å²) >= 11 is 6.16. The summed E-state index contributed by atoms with van der Waals surface area (Å²) in [4.78, 5) is 24.6. The molecule has 3 aromatic heterocycles. The van der Waals surface area contributed by atoms with Crippen LogP contribution < -0.4 is 5.32 Å². The summed E-state index contributed by atoms with van der Waals surface area (Å²) in [5, 5.41) is 11.8. The molecule has 1 amide bonds. The van der Waals surface area contributed by atoms with Crippen LogP contribution in [0.25, 0.3) is 0 Å². The van der Waals surface area contributed by atoms with E-state index < -0.39 is 11.9 Å². The van der Waals surface area contributed by atoms with Gasteiger partial charge < -0.3 is 14.5 Å². The van der Waals surface area contributed by atoms with Crippen molar-refractivity contribution in [1.29, 1.82) is 0 Å². The molecule has 10 heteroatoms. The quantitative estimate of drug-likeness (QED) is 0.654. The lowest BCUT2D eigenvalue weighted by atomic mass is 10.3. The van der Waals surface area contributed by atoms with Crippen LogP contribution in [0.4, 0.5) is 5.69 Å². The molecule has 0 radical (unpaired) electrons. The summed E-state index contributed by atoms with van der Waals surface area (Å²) < 4.78 is 13.5. The lowest BCUT2D eigenvalue weighted by molar-refractivity contribution is 0.0589. The van der Waals surface area contributed by atoms with Crippen LogP contribution in [0.1, 0.15) is 43.9 Å². The van der Waals surface area contributed by atoms with Gasteiger partial charge in [0.2, 0.25) is 0 Å². The van der Waals surface area contributed by atoms with Gasteiger partial charge in [0.25, 0.3) is 5.91 Å². The molecule has 0 aliphatic carbocycles. The standard InChI is InChI=1S/C18H20ClN5O4/c1-9-14(19)11(3)24(22-9)8-12-6-7-13(28-12)17(25)20-15-10(2)21-23(4)16(15)18(26)27-5/h6-7H,8H2,1-5H3,(H,20,25). The fourth-order valence-corrected chi connectivity index (χ4v) is 3.01. The smallest absolute Gasteiger partial charge is 0.358 e. The first-order valence-electron chi connectivity index (χ1n) is 8.44. The van der Waals surface area contributed by atoms with Crippen molar-refractivity contribution in [2.24, 2.45) is 7.05 Å². The molecule has 9 nitrogen and oxygen atoms in total. The second-order valence-electron chi connectivity index (χ2n) is 6.29. The number of carbonyl (C=O) groups excluding carboxylic acids is 2. The third-order valence-corrected chi connectivity index (χ3v) is 4.87. The fourth-order valence-electron chi connectivity index (χ4n) is 2.88. The van der Waals surface area contributed by atoms with Crippen molar-refractivity contribution in [3.63, 3.8) is 0 Å². The molecule has 3 rings (SSSR count). The molecule has 3 heterocycles. The van der Waals surface area contributed by atoms with Gasteiger partial charge in [-0.1, -0.05) is 11.6 Å². The number of furan rings is 1. The molecular formula is C18H20ClN5O4. The fraction of sp³-hybridized carbons (Fsp3) is 0.333. The largest absolute Gasteiger partial charge is 0.464 e. The predicted octanol–water partition coefficient (Wildman–Crippen LogP) is 2.88. The molecule has 0 saturated heterocycles. The maximum absolute atomic E-state index is 12.6. The molecule has 0 bridgehead atoms. The Bertz CT molecular complexity index is 1060. The SMILES string of the molecule is COC(=O)c1c(NC(=O)c2ccc(Cn3nc(C)c(Cl)c3C)o2)c(C)nn1C. The highest BCUT2D eigenvalue weighted by Crippen LogP contribution is 2.23. The normalized spacial score (nSPS) is 10.9. The van der Waals surface area contributed by atoms with Crippen molar-refractivity contribution < 1.29 is 18.7 Å². The summed E-state index contributed by atoms with van der Waals surface area (Å²) in [6.45, 7) is 5.70. The van der Waals surface area contributed by atoms with Crippen molar-refractivity contribution in [2.45, 2.75) is 27.3 Å². The Hall–Kier alpha value is -3.07. The number of ether oxygens (including phenoxy) is 1. The number of aryl methyl sites for hydroxylation is 3. The number of rotatable bonds is 5. The number of amides is 1. The minimum absolute atomic E-state index is 0.0988. The van der Waals surface area contributed by atoms with E-state index in [1.54, 1.807) is 30.8 Å². The lowest BCUT2D eigenvalue weighted by Gasteiger charge is -2.06. The van der Waals surface area contributed by atoms with Crippen LogP contribution in [0.5, 0.6) is 0 Å². The van der Waals surface area contributed by atoms with Gasteiger partial charge in [-0.2, -0.15) is 10.2 Å². The highest BCUT2D eigenvalue weighted by Gasteiger charge is 2.24. The molecule has 148 valence electrons. The van der Waals surface area contributed by atoms with Crippen LogP contribution in [0.2, 0.25) is 5.02 Å². The molecule has 0 fully saturated rings. The van der Waals surface area contributed by atoms with E-state index in [2.05, 4.69) is 15.5 Å². The molecule has 0 aromatic carbocycles. The van der Waals surface area contributed by atoms with Crippen molar-refractivity contribution >= 4 is 29.2 Å². The molecule has 0 aliphatic rings. The summed E-state index contributed by atoms with van der Waals surface area (Å²) in [5.74, 6) is -0.455. The minimum Gasteiger partial charge on any atom is -0.464 e. The average molecular weight is 406 g/mol. The summed E-state index contributed by atoms with van der Waals surface area (Å²) in [5.41, 5.74) is 2.46. The summed E-state index contributed by atoms with van der Waals surface area (Å²) in [6.07, 6.45) is 0. The molecule has 0 atom stereocenters. The van der Waals surface area contributed by atoms with E-state index in [0.717, 1.165) is 11.4 Å². The number of aromatic nitrogens is 4. The van der Waals surface area contributed by atoms with Gasteiger partial charge in [-0.3, -0.25) is 14.2 Å². The lowest BCUT2D eigenvalue weighted by Crippen LogP contribution is -2.16. The number of methoxy groups -OCH3 is 1. The zero-order chi connectivity index (χ0) is 20.6. The summed E-state index contributed by atoms with van der Waals surface area (Å²) in [7, 11) is 2.86. The van der Waals surface area contributed by atoms with Crippen LogP contribution >= 0.6 is 11.6 Å². The molecule has 28 heavy (non-hydrogen) atoms. The molecule has 0 spiro atoms. The van der Waals surface area contributed by atoms with Crippen LogP contribution in [0.15, 0.2) is 16.5 Å². The Labute approximate surface area is 166 Å². The number of hydrogen-bond donors (Lipinski definition) is 1. The second kappa shape index (κ2) is 7.51. The zero-order valence-corrected chi connectivity index (χ0v) is 16.9. The molecule has 1 N–H and O–H groups in total. The van der Waals surface area contributed by atoms with E-state index in [0.29, 0.717) is 23.0 Å². The number of nitrogens with zero attached hydrogens (tertiary/aromatic N) is 4. The van der Waals surface area contributed by atoms with E-state index in [9.17, 15) is 9.59 Å². The van der Waals surface area contributed by atoms with E-state index in [4.69, 9.17) is 20.8 Å². The van der Waals surface area contributed by atoms with Crippen LogP contribution in [0.3, 0.4) is 0 Å². The Morgan fingerprint density at radius 2 is 1.93 bits per heavy atom. The highest BCUT2D eigenvalue weighted by atomic mass is 35.5. The zero-order valence-electron chi connectivity index (χ0n) is 16.2. The number of carbonyl (C=O) groups is 2.